The summed E-state index contributed by atoms with van der Waals surface area (Å²) in [5.74, 6) is 0.667. The highest BCUT2D eigenvalue weighted by Gasteiger charge is 2.27. The lowest BCUT2D eigenvalue weighted by atomic mass is 9.88. The van der Waals surface area contributed by atoms with Crippen LogP contribution in [0.15, 0.2) is 259 Å². The molecular weight excluding hydrogens is 867 g/mol. The predicted molar refractivity (Wildman–Crippen MR) is 314 cm³/mol. The molecule has 1 unspecified atom stereocenters. The number of para-hydroxylation sites is 1. The van der Waals surface area contributed by atoms with Gasteiger partial charge in [-0.3, -0.25) is 0 Å². The molecule has 0 N–H and O–H groups in total. The number of hydrogen-bond acceptors (Lipinski definition) is 0. The van der Waals surface area contributed by atoms with Crippen molar-refractivity contribution in [3.8, 4) is 16.8 Å². The third kappa shape index (κ3) is 10.4. The third-order valence-electron chi connectivity index (χ3n) is 14.0. The smallest absolute Gasteiger partial charge is 0.0541 e. The Hall–Kier alpha value is -8.00. The SMILES string of the molecule is C\C=C(/C=C(CC)/C(/C=C\CC)=C/C)C1=CCC(C)C=C1.Cc1ccc2c(c1)C(=C(c1ccccc1)c1ccccc1)c1ccccc1-2.Cc1ccc2c(c1)c1ccccc1n2-c1cccc2ccccc12. The van der Waals surface area contributed by atoms with Crippen molar-refractivity contribution in [1.82, 2.24) is 4.57 Å². The van der Waals surface area contributed by atoms with Gasteiger partial charge < -0.3 is 4.57 Å². The Labute approximate surface area is 428 Å². The molecule has 0 spiro atoms. The van der Waals surface area contributed by atoms with Gasteiger partial charge in [0, 0.05) is 16.2 Å². The van der Waals surface area contributed by atoms with Crippen molar-refractivity contribution < 1.29 is 0 Å². The van der Waals surface area contributed by atoms with Gasteiger partial charge in [0.05, 0.1) is 16.7 Å². The Balaban J connectivity index is 0.000000135. The van der Waals surface area contributed by atoms with Crippen LogP contribution < -0.4 is 0 Å². The molecule has 0 saturated carbocycles. The fourth-order valence-corrected chi connectivity index (χ4v) is 10.4. The molecule has 9 aromatic rings. The van der Waals surface area contributed by atoms with Crippen molar-refractivity contribution >= 4 is 43.7 Å². The minimum absolute atomic E-state index is 0.667. The summed E-state index contributed by atoms with van der Waals surface area (Å²) in [6.07, 6.45) is 21.5. The van der Waals surface area contributed by atoms with Crippen LogP contribution in [-0.4, -0.2) is 4.57 Å². The summed E-state index contributed by atoms with van der Waals surface area (Å²) in [6.45, 7) is 15.2. The van der Waals surface area contributed by atoms with Crippen LogP contribution in [0, 0.1) is 19.8 Å². The number of aromatic nitrogens is 1. The number of rotatable bonds is 9. The van der Waals surface area contributed by atoms with Gasteiger partial charge in [-0.1, -0.05) is 244 Å². The lowest BCUT2D eigenvalue weighted by Crippen LogP contribution is -1.97. The van der Waals surface area contributed by atoms with Crippen molar-refractivity contribution in [3.63, 3.8) is 0 Å². The Morgan fingerprint density at radius 2 is 1.18 bits per heavy atom. The van der Waals surface area contributed by atoms with E-state index in [0.29, 0.717) is 5.92 Å². The van der Waals surface area contributed by atoms with E-state index in [0.717, 1.165) is 19.3 Å². The van der Waals surface area contributed by atoms with Gasteiger partial charge in [0.2, 0.25) is 0 Å². The fraction of sp³-hybridized carbons (Fsp3) is 0.155. The van der Waals surface area contributed by atoms with Gasteiger partial charge in [-0.05, 0) is 149 Å². The highest BCUT2D eigenvalue weighted by Crippen LogP contribution is 2.49. The van der Waals surface area contributed by atoms with E-state index >= 15 is 0 Å². The van der Waals surface area contributed by atoms with Crippen LogP contribution in [0.5, 0.6) is 0 Å². The van der Waals surface area contributed by atoms with Crippen molar-refractivity contribution in [1.29, 1.82) is 0 Å². The average molecular weight is 934 g/mol. The number of nitrogens with zero attached hydrogens (tertiary/aromatic N) is 1. The Morgan fingerprint density at radius 1 is 0.569 bits per heavy atom. The molecule has 72 heavy (non-hydrogen) atoms. The molecule has 1 aromatic heterocycles. The zero-order chi connectivity index (χ0) is 50.0. The molecule has 0 aliphatic heterocycles. The van der Waals surface area contributed by atoms with Crippen LogP contribution >= 0.6 is 0 Å². The van der Waals surface area contributed by atoms with Crippen molar-refractivity contribution in [2.24, 2.45) is 5.92 Å². The number of benzene rings is 8. The number of fused-ring (bicyclic) bond motifs is 7. The van der Waals surface area contributed by atoms with Gasteiger partial charge in [-0.25, -0.2) is 0 Å². The van der Waals surface area contributed by atoms with Crippen molar-refractivity contribution in [2.45, 2.75) is 67.7 Å². The maximum atomic E-state index is 2.40. The van der Waals surface area contributed by atoms with Crippen molar-refractivity contribution in [3.05, 3.63) is 292 Å². The molecule has 356 valence electrons. The second-order valence-electron chi connectivity index (χ2n) is 19.0. The zero-order valence-electron chi connectivity index (χ0n) is 43.2. The maximum Gasteiger partial charge on any atom is 0.0541 e. The lowest BCUT2D eigenvalue weighted by Gasteiger charge is -2.15. The lowest BCUT2D eigenvalue weighted by molar-refractivity contribution is 0.732. The summed E-state index contributed by atoms with van der Waals surface area (Å²) < 4.78 is 2.40. The molecule has 2 aliphatic rings. The molecule has 0 bridgehead atoms. The van der Waals surface area contributed by atoms with Gasteiger partial charge in [-0.2, -0.15) is 0 Å². The third-order valence-corrected chi connectivity index (χ3v) is 14.0. The van der Waals surface area contributed by atoms with Crippen LogP contribution in [-0.2, 0) is 0 Å². The van der Waals surface area contributed by atoms with Crippen LogP contribution in [0.2, 0.25) is 0 Å². The molecule has 8 aromatic carbocycles. The summed E-state index contributed by atoms with van der Waals surface area (Å²) in [6, 6.07) is 67.6. The van der Waals surface area contributed by atoms with E-state index in [4.69, 9.17) is 0 Å². The molecule has 1 heterocycles. The molecular formula is C71H67N. The van der Waals surface area contributed by atoms with E-state index in [9.17, 15) is 0 Å². The summed E-state index contributed by atoms with van der Waals surface area (Å²) in [5, 5.41) is 5.18. The van der Waals surface area contributed by atoms with Crippen LogP contribution in [0.4, 0.5) is 0 Å². The first-order chi connectivity index (χ1) is 35.3. The minimum atomic E-state index is 0.667. The average Bonchev–Trinajstić information content (AvgIpc) is 3.92. The van der Waals surface area contributed by atoms with Gasteiger partial charge in [0.15, 0.2) is 0 Å². The van der Waals surface area contributed by atoms with Crippen LogP contribution in [0.1, 0.15) is 87.3 Å². The van der Waals surface area contributed by atoms with Gasteiger partial charge in [0.25, 0.3) is 0 Å². The van der Waals surface area contributed by atoms with E-state index in [1.807, 2.05) is 0 Å². The fourth-order valence-electron chi connectivity index (χ4n) is 10.4. The quantitative estimate of drug-likeness (QED) is 0.127. The monoisotopic (exact) mass is 934 g/mol. The molecule has 1 nitrogen and oxygen atoms in total. The summed E-state index contributed by atoms with van der Waals surface area (Å²) in [7, 11) is 0. The Kier molecular flexibility index (Phi) is 15.5. The number of allylic oxidation sites excluding steroid dienone is 12. The largest absolute Gasteiger partial charge is 0.309 e. The highest BCUT2D eigenvalue weighted by molar-refractivity contribution is 6.14. The molecule has 0 amide bonds. The Bertz CT molecular complexity index is 3550. The van der Waals surface area contributed by atoms with Crippen LogP contribution in [0.3, 0.4) is 0 Å². The number of hydrogen-bond donors (Lipinski definition) is 0. The number of aryl methyl sites for hydroxylation is 2. The predicted octanol–water partition coefficient (Wildman–Crippen LogP) is 19.9. The first-order valence-corrected chi connectivity index (χ1v) is 25.9. The normalized spacial score (nSPS) is 14.4. The van der Waals surface area contributed by atoms with E-state index in [-0.39, 0.29) is 0 Å². The summed E-state index contributed by atoms with van der Waals surface area (Å²) >= 11 is 0. The molecule has 11 rings (SSSR count). The summed E-state index contributed by atoms with van der Waals surface area (Å²) in [4.78, 5) is 0. The van der Waals surface area contributed by atoms with Gasteiger partial charge in [0.1, 0.15) is 0 Å². The Morgan fingerprint density at radius 3 is 1.86 bits per heavy atom. The van der Waals surface area contributed by atoms with Gasteiger partial charge in [-0.15, -0.1) is 0 Å². The van der Waals surface area contributed by atoms with Crippen molar-refractivity contribution in [2.75, 3.05) is 0 Å². The maximum absolute atomic E-state index is 2.40. The first-order valence-electron chi connectivity index (χ1n) is 25.9. The molecule has 0 saturated heterocycles. The van der Waals surface area contributed by atoms with Crippen LogP contribution in [0.25, 0.3) is 60.5 Å². The first kappa shape index (κ1) is 49.0. The van der Waals surface area contributed by atoms with E-state index < -0.39 is 0 Å². The second kappa shape index (κ2) is 22.8. The zero-order valence-corrected chi connectivity index (χ0v) is 43.2. The van der Waals surface area contributed by atoms with Gasteiger partial charge >= 0.3 is 0 Å². The molecule has 0 radical (unpaired) electrons. The molecule has 1 atom stereocenters. The topological polar surface area (TPSA) is 4.93 Å². The molecule has 0 fully saturated rings. The standard InChI is InChI=1S/C27H20.C23H17N.C21H30/c1-19-16-17-23-22-14-8-9-15-24(22)27(25(23)18-19)26(20-10-4-2-5-11-20)21-12-6-3-7-13-21;1-16-13-14-23-20(15-16)19-10-4-5-11-22(19)24(23)21-12-6-8-17-7-2-3-9-18(17)21;1-6-10-11-18(7-2)19(8-3)16-20(9-4)21-14-12-17(5)13-15-21/h2-18H,1H3;2-15H,1H3;7,9-12,14-17H,6,8,13H2,1-5H3/b;;11-10-,18-7+,19-16+,20-9+. The minimum Gasteiger partial charge on any atom is -0.309 e. The summed E-state index contributed by atoms with van der Waals surface area (Å²) in [5.41, 5.74) is 22.2. The van der Waals surface area contributed by atoms with E-state index in [2.05, 4.69) is 290 Å². The molecule has 2 aliphatic carbocycles. The highest BCUT2D eigenvalue weighted by atomic mass is 15.0. The van der Waals surface area contributed by atoms with E-state index in [1.54, 1.807) is 0 Å². The van der Waals surface area contributed by atoms with E-state index in [1.165, 1.54) is 116 Å². The molecule has 1 heteroatoms. The second-order valence-corrected chi connectivity index (χ2v) is 19.0.